The van der Waals surface area contributed by atoms with Crippen molar-refractivity contribution in [1.82, 2.24) is 0 Å². The highest BCUT2D eigenvalue weighted by Gasteiger charge is 2.58. The van der Waals surface area contributed by atoms with Gasteiger partial charge < -0.3 is 5.11 Å². The van der Waals surface area contributed by atoms with E-state index in [0.717, 1.165) is 36.0 Å². The van der Waals surface area contributed by atoms with Gasteiger partial charge in [-0.05, 0) is 92.3 Å². The first-order valence-electron chi connectivity index (χ1n) is 13.1. The van der Waals surface area contributed by atoms with Crippen LogP contribution in [0.1, 0.15) is 112 Å². The first-order chi connectivity index (χ1) is 13.7. The average Bonchev–Trinajstić information content (AvgIpc) is 3.02. The van der Waals surface area contributed by atoms with E-state index < -0.39 is 0 Å². The third kappa shape index (κ3) is 3.46. The summed E-state index contributed by atoms with van der Waals surface area (Å²) in [6.45, 7) is 14.9. The second-order valence-electron chi connectivity index (χ2n) is 12.5. The Bertz CT molecular complexity index is 632. The molecule has 0 saturated heterocycles. The van der Waals surface area contributed by atoms with Crippen LogP contribution in [0.15, 0.2) is 11.1 Å². The molecule has 166 valence electrons. The first-order valence-corrected chi connectivity index (χ1v) is 13.1. The van der Waals surface area contributed by atoms with E-state index in [1.165, 1.54) is 64.2 Å². The number of allylic oxidation sites excluding steroid dienone is 1. The third-order valence-corrected chi connectivity index (χ3v) is 10.7. The number of hydrogen-bond donors (Lipinski definition) is 1. The predicted molar refractivity (Wildman–Crippen MR) is 124 cm³/mol. The van der Waals surface area contributed by atoms with Crippen molar-refractivity contribution < 1.29 is 5.11 Å². The van der Waals surface area contributed by atoms with E-state index in [1.807, 2.05) is 5.57 Å². The van der Waals surface area contributed by atoms with Crippen LogP contribution < -0.4 is 0 Å². The van der Waals surface area contributed by atoms with Crippen LogP contribution in [-0.4, -0.2) is 11.2 Å². The number of fused-ring (bicyclic) bond motifs is 4. The zero-order chi connectivity index (χ0) is 21.0. The summed E-state index contributed by atoms with van der Waals surface area (Å²) in [4.78, 5) is 0. The molecule has 3 unspecified atom stereocenters. The Hall–Kier alpha value is -0.300. The van der Waals surface area contributed by atoms with Crippen molar-refractivity contribution in [2.45, 2.75) is 118 Å². The molecule has 4 aliphatic rings. The first kappa shape index (κ1) is 21.9. The standard InChI is InChI=1S/C28H48O/c1-18(2)8-7-9-19(3)22-13-14-24-21-11-12-23-20(4)10-15-26(29)28(23,6)25(21)16-17-27(22,24)5/h18-20,22-24,26,29H,7-17H2,1-6H3/t19-,20?,22-,23?,24+,26?,27-,28+/m1/s1. The number of aliphatic hydroxyl groups is 1. The lowest BCUT2D eigenvalue weighted by molar-refractivity contribution is -0.0592. The molecule has 0 aliphatic heterocycles. The molecule has 0 aromatic rings. The molecule has 0 amide bonds. The lowest BCUT2D eigenvalue weighted by Gasteiger charge is -2.57. The fraction of sp³-hybridized carbons (Fsp3) is 0.929. The molecule has 4 aliphatic carbocycles. The summed E-state index contributed by atoms with van der Waals surface area (Å²) in [5.74, 6) is 4.93. The summed E-state index contributed by atoms with van der Waals surface area (Å²) >= 11 is 0. The van der Waals surface area contributed by atoms with Crippen LogP contribution in [0.2, 0.25) is 0 Å². The minimum Gasteiger partial charge on any atom is -0.392 e. The van der Waals surface area contributed by atoms with Crippen LogP contribution >= 0.6 is 0 Å². The monoisotopic (exact) mass is 400 g/mol. The lowest BCUT2D eigenvalue weighted by atomic mass is 9.48. The van der Waals surface area contributed by atoms with Gasteiger partial charge in [0.2, 0.25) is 0 Å². The molecule has 29 heavy (non-hydrogen) atoms. The molecule has 8 atom stereocenters. The summed E-state index contributed by atoms with van der Waals surface area (Å²) < 4.78 is 0. The van der Waals surface area contributed by atoms with Crippen LogP contribution in [0.3, 0.4) is 0 Å². The molecule has 1 nitrogen and oxygen atoms in total. The summed E-state index contributed by atoms with van der Waals surface area (Å²) in [6.07, 6.45) is 14.5. The Kier molecular flexibility index (Phi) is 6.04. The fourth-order valence-electron chi connectivity index (χ4n) is 8.97. The molecule has 2 fully saturated rings. The summed E-state index contributed by atoms with van der Waals surface area (Å²) in [5, 5.41) is 11.2. The largest absolute Gasteiger partial charge is 0.392 e. The Labute approximate surface area is 181 Å². The minimum atomic E-state index is -0.106. The Morgan fingerprint density at radius 3 is 2.45 bits per heavy atom. The Morgan fingerprint density at radius 2 is 1.72 bits per heavy atom. The second-order valence-corrected chi connectivity index (χ2v) is 12.5. The molecule has 4 rings (SSSR count). The molecule has 0 radical (unpaired) electrons. The van der Waals surface area contributed by atoms with Gasteiger partial charge in [0.05, 0.1) is 6.10 Å². The van der Waals surface area contributed by atoms with Crippen molar-refractivity contribution in [3.05, 3.63) is 11.1 Å². The topological polar surface area (TPSA) is 20.2 Å². The smallest absolute Gasteiger partial charge is 0.0633 e. The van der Waals surface area contributed by atoms with Gasteiger partial charge in [0.1, 0.15) is 0 Å². The molecule has 0 heterocycles. The molecule has 0 aromatic heterocycles. The quantitative estimate of drug-likeness (QED) is 0.467. The van der Waals surface area contributed by atoms with E-state index >= 15 is 0 Å². The van der Waals surface area contributed by atoms with Gasteiger partial charge in [-0.2, -0.15) is 0 Å². The van der Waals surface area contributed by atoms with Crippen LogP contribution in [0.4, 0.5) is 0 Å². The maximum Gasteiger partial charge on any atom is 0.0633 e. The van der Waals surface area contributed by atoms with Crippen LogP contribution in [0.25, 0.3) is 0 Å². The normalized spacial score (nSPS) is 45.7. The van der Waals surface area contributed by atoms with Crippen molar-refractivity contribution in [1.29, 1.82) is 0 Å². The van der Waals surface area contributed by atoms with Crippen LogP contribution in [-0.2, 0) is 0 Å². The van der Waals surface area contributed by atoms with Crippen molar-refractivity contribution in [2.75, 3.05) is 0 Å². The van der Waals surface area contributed by atoms with E-state index in [2.05, 4.69) is 41.5 Å². The van der Waals surface area contributed by atoms with Crippen LogP contribution in [0, 0.1) is 46.3 Å². The molecule has 1 N–H and O–H groups in total. The SMILES string of the molecule is CC(C)CCC[C@@H](C)[C@H]1CC[C@H]2C3=C(CC[C@]12C)[C@@]1(C)C(O)CCC(C)C1CC3. The highest BCUT2D eigenvalue weighted by atomic mass is 16.3. The fourth-order valence-corrected chi connectivity index (χ4v) is 8.97. The van der Waals surface area contributed by atoms with Gasteiger partial charge in [0, 0.05) is 5.41 Å². The predicted octanol–water partition coefficient (Wildman–Crippen LogP) is 7.78. The second kappa shape index (κ2) is 7.99. The molecule has 2 saturated carbocycles. The van der Waals surface area contributed by atoms with Crippen molar-refractivity contribution in [3.63, 3.8) is 0 Å². The van der Waals surface area contributed by atoms with Gasteiger partial charge >= 0.3 is 0 Å². The van der Waals surface area contributed by atoms with E-state index in [0.29, 0.717) is 11.3 Å². The van der Waals surface area contributed by atoms with E-state index in [9.17, 15) is 5.11 Å². The summed E-state index contributed by atoms with van der Waals surface area (Å²) in [5.41, 5.74) is 4.17. The van der Waals surface area contributed by atoms with Gasteiger partial charge in [-0.15, -0.1) is 0 Å². The highest BCUT2D eigenvalue weighted by Crippen LogP contribution is 2.66. The van der Waals surface area contributed by atoms with Crippen molar-refractivity contribution in [2.24, 2.45) is 46.3 Å². The number of rotatable bonds is 5. The molecular formula is C28H48O. The van der Waals surface area contributed by atoms with Crippen molar-refractivity contribution in [3.8, 4) is 0 Å². The van der Waals surface area contributed by atoms with Gasteiger partial charge in [0.25, 0.3) is 0 Å². The van der Waals surface area contributed by atoms with Gasteiger partial charge in [-0.25, -0.2) is 0 Å². The molecule has 1 heteroatoms. The maximum atomic E-state index is 11.2. The van der Waals surface area contributed by atoms with E-state index in [4.69, 9.17) is 0 Å². The zero-order valence-corrected chi connectivity index (χ0v) is 20.3. The highest BCUT2D eigenvalue weighted by molar-refractivity contribution is 5.35. The lowest BCUT2D eigenvalue weighted by Crippen LogP contribution is -2.52. The average molecular weight is 401 g/mol. The number of hydrogen-bond acceptors (Lipinski definition) is 1. The van der Waals surface area contributed by atoms with E-state index in [-0.39, 0.29) is 11.5 Å². The molecule has 0 aromatic carbocycles. The molecule has 0 bridgehead atoms. The van der Waals surface area contributed by atoms with Gasteiger partial charge in [-0.1, -0.05) is 72.0 Å². The Morgan fingerprint density at radius 1 is 0.966 bits per heavy atom. The Balaban J connectivity index is 1.57. The summed E-state index contributed by atoms with van der Waals surface area (Å²) in [6, 6.07) is 0. The van der Waals surface area contributed by atoms with Gasteiger partial charge in [-0.3, -0.25) is 0 Å². The van der Waals surface area contributed by atoms with Crippen molar-refractivity contribution >= 4 is 0 Å². The number of aliphatic hydroxyl groups excluding tert-OH is 1. The van der Waals surface area contributed by atoms with Gasteiger partial charge in [0.15, 0.2) is 0 Å². The van der Waals surface area contributed by atoms with E-state index in [1.54, 1.807) is 5.57 Å². The zero-order valence-electron chi connectivity index (χ0n) is 20.3. The molecule has 0 spiro atoms. The summed E-state index contributed by atoms with van der Waals surface area (Å²) in [7, 11) is 0. The third-order valence-electron chi connectivity index (χ3n) is 10.7. The maximum absolute atomic E-state index is 11.2. The minimum absolute atomic E-state index is 0.0769. The molecular weight excluding hydrogens is 352 g/mol. The van der Waals surface area contributed by atoms with Crippen LogP contribution in [0.5, 0.6) is 0 Å².